The molecule has 0 unspecified atom stereocenters. The highest BCUT2D eigenvalue weighted by Crippen LogP contribution is 2.31. The van der Waals surface area contributed by atoms with Crippen LogP contribution in [0.1, 0.15) is 41.8 Å². The van der Waals surface area contributed by atoms with Gasteiger partial charge in [-0.05, 0) is 48.6 Å². The molecule has 0 spiro atoms. The Balaban J connectivity index is 1.68. The molecule has 0 radical (unpaired) electrons. The summed E-state index contributed by atoms with van der Waals surface area (Å²) in [6.45, 7) is 7.73. The fourth-order valence-corrected chi connectivity index (χ4v) is 4.05. The van der Waals surface area contributed by atoms with Gasteiger partial charge in [0.2, 0.25) is 5.91 Å². The van der Waals surface area contributed by atoms with Crippen molar-refractivity contribution in [3.8, 4) is 0 Å². The fourth-order valence-electron chi connectivity index (χ4n) is 3.19. The SMILES string of the molecule is CCc1ccccc1N(C(C)=O)c1nc(COC(=O)Cc2ccc(C)c(C)c2)cs1. The number of ether oxygens (including phenoxy) is 1. The second-order valence-electron chi connectivity index (χ2n) is 7.21. The minimum Gasteiger partial charge on any atom is -0.459 e. The summed E-state index contributed by atoms with van der Waals surface area (Å²) >= 11 is 1.36. The van der Waals surface area contributed by atoms with Gasteiger partial charge in [-0.2, -0.15) is 0 Å². The van der Waals surface area contributed by atoms with Gasteiger partial charge in [0.25, 0.3) is 0 Å². The zero-order valence-electron chi connectivity index (χ0n) is 17.8. The van der Waals surface area contributed by atoms with Crippen LogP contribution in [0.5, 0.6) is 0 Å². The molecule has 156 valence electrons. The number of hydrogen-bond donors (Lipinski definition) is 0. The number of aromatic nitrogens is 1. The standard InChI is InChI=1S/C24H26N2O3S/c1-5-20-8-6-7-9-22(20)26(18(4)27)24-25-21(15-30-24)14-29-23(28)13-19-11-10-16(2)17(3)12-19/h6-12,15H,5,13-14H2,1-4H3. The van der Waals surface area contributed by atoms with E-state index in [0.717, 1.165) is 28.8 Å². The van der Waals surface area contributed by atoms with E-state index in [9.17, 15) is 9.59 Å². The van der Waals surface area contributed by atoms with Gasteiger partial charge in [-0.3, -0.25) is 14.5 Å². The molecule has 0 aliphatic rings. The first-order chi connectivity index (χ1) is 14.4. The van der Waals surface area contributed by atoms with E-state index in [1.807, 2.05) is 61.7 Å². The molecule has 30 heavy (non-hydrogen) atoms. The number of rotatable bonds is 7. The zero-order valence-corrected chi connectivity index (χ0v) is 18.6. The molecule has 5 nitrogen and oxygen atoms in total. The van der Waals surface area contributed by atoms with E-state index in [0.29, 0.717) is 10.8 Å². The molecule has 0 aliphatic heterocycles. The van der Waals surface area contributed by atoms with Crippen LogP contribution < -0.4 is 4.90 Å². The van der Waals surface area contributed by atoms with E-state index in [-0.39, 0.29) is 24.9 Å². The molecule has 0 atom stereocenters. The van der Waals surface area contributed by atoms with Crippen LogP contribution in [0.4, 0.5) is 10.8 Å². The number of thiazole rings is 1. The van der Waals surface area contributed by atoms with Crippen molar-refractivity contribution in [3.05, 3.63) is 75.8 Å². The molecular formula is C24H26N2O3S. The Hall–Kier alpha value is -2.99. The third-order valence-corrected chi connectivity index (χ3v) is 5.83. The lowest BCUT2D eigenvalue weighted by molar-refractivity contribution is -0.144. The van der Waals surface area contributed by atoms with Crippen molar-refractivity contribution in [2.45, 2.75) is 47.1 Å². The second kappa shape index (κ2) is 9.67. The molecule has 0 aliphatic carbocycles. The highest BCUT2D eigenvalue weighted by molar-refractivity contribution is 7.14. The van der Waals surface area contributed by atoms with Crippen molar-refractivity contribution in [1.82, 2.24) is 4.98 Å². The normalized spacial score (nSPS) is 10.7. The van der Waals surface area contributed by atoms with Gasteiger partial charge < -0.3 is 4.74 Å². The summed E-state index contributed by atoms with van der Waals surface area (Å²) in [7, 11) is 0. The maximum atomic E-state index is 12.4. The lowest BCUT2D eigenvalue weighted by Gasteiger charge is -2.20. The molecule has 1 aromatic heterocycles. The van der Waals surface area contributed by atoms with Crippen LogP contribution in [-0.2, 0) is 33.8 Å². The Labute approximate surface area is 181 Å². The van der Waals surface area contributed by atoms with Gasteiger partial charge in [-0.25, -0.2) is 4.98 Å². The van der Waals surface area contributed by atoms with Gasteiger partial charge in [0.15, 0.2) is 5.13 Å². The molecule has 0 fully saturated rings. The number of carbonyl (C=O) groups is 2. The van der Waals surface area contributed by atoms with Crippen LogP contribution in [0.2, 0.25) is 0 Å². The first-order valence-corrected chi connectivity index (χ1v) is 10.8. The van der Waals surface area contributed by atoms with Crippen LogP contribution in [0.3, 0.4) is 0 Å². The van der Waals surface area contributed by atoms with E-state index < -0.39 is 0 Å². The minimum atomic E-state index is -0.299. The van der Waals surface area contributed by atoms with Crippen LogP contribution in [0.25, 0.3) is 0 Å². The lowest BCUT2D eigenvalue weighted by atomic mass is 10.0. The van der Waals surface area contributed by atoms with Gasteiger partial charge in [-0.15, -0.1) is 11.3 Å². The van der Waals surface area contributed by atoms with E-state index in [4.69, 9.17) is 4.74 Å². The van der Waals surface area contributed by atoms with Crippen molar-refractivity contribution in [2.24, 2.45) is 0 Å². The molecule has 0 N–H and O–H groups in total. The Morgan fingerprint density at radius 3 is 2.57 bits per heavy atom. The van der Waals surface area contributed by atoms with Crippen molar-refractivity contribution < 1.29 is 14.3 Å². The number of hydrogen-bond acceptors (Lipinski definition) is 5. The third kappa shape index (κ3) is 5.13. The molecule has 0 saturated heterocycles. The molecule has 1 amide bonds. The molecule has 1 heterocycles. The first-order valence-electron chi connectivity index (χ1n) is 9.93. The van der Waals surface area contributed by atoms with Gasteiger partial charge in [0, 0.05) is 12.3 Å². The first kappa shape index (κ1) is 21.7. The summed E-state index contributed by atoms with van der Waals surface area (Å²) in [5.41, 5.74) is 5.82. The van der Waals surface area contributed by atoms with Crippen molar-refractivity contribution in [2.75, 3.05) is 4.90 Å². The Morgan fingerprint density at radius 1 is 1.10 bits per heavy atom. The Morgan fingerprint density at radius 2 is 1.87 bits per heavy atom. The predicted octanol–water partition coefficient (Wildman–Crippen LogP) is 5.29. The quantitative estimate of drug-likeness (QED) is 0.485. The van der Waals surface area contributed by atoms with E-state index >= 15 is 0 Å². The number of benzene rings is 2. The second-order valence-corrected chi connectivity index (χ2v) is 8.05. The van der Waals surface area contributed by atoms with Crippen LogP contribution >= 0.6 is 11.3 Å². The Bertz CT molecular complexity index is 1060. The number of carbonyl (C=O) groups excluding carboxylic acids is 2. The molecule has 0 bridgehead atoms. The summed E-state index contributed by atoms with van der Waals surface area (Å²) in [5.74, 6) is -0.406. The molecule has 0 saturated carbocycles. The topological polar surface area (TPSA) is 59.5 Å². The van der Waals surface area contributed by atoms with Crippen LogP contribution in [-0.4, -0.2) is 16.9 Å². The smallest absolute Gasteiger partial charge is 0.310 e. The number of para-hydroxylation sites is 1. The van der Waals surface area contributed by atoms with Crippen molar-refractivity contribution >= 4 is 34.0 Å². The molecule has 6 heteroatoms. The van der Waals surface area contributed by atoms with Crippen LogP contribution in [0, 0.1) is 13.8 Å². The highest BCUT2D eigenvalue weighted by atomic mass is 32.1. The van der Waals surface area contributed by atoms with Crippen molar-refractivity contribution in [1.29, 1.82) is 0 Å². The largest absolute Gasteiger partial charge is 0.459 e. The van der Waals surface area contributed by atoms with Gasteiger partial charge in [-0.1, -0.05) is 43.3 Å². The highest BCUT2D eigenvalue weighted by Gasteiger charge is 2.20. The number of nitrogens with zero attached hydrogens (tertiary/aromatic N) is 2. The molecule has 3 rings (SSSR count). The van der Waals surface area contributed by atoms with E-state index in [1.54, 1.807) is 4.90 Å². The summed E-state index contributed by atoms with van der Waals surface area (Å²) in [4.78, 5) is 30.7. The fraction of sp³-hybridized carbons (Fsp3) is 0.292. The number of anilines is 2. The van der Waals surface area contributed by atoms with Crippen LogP contribution in [0.15, 0.2) is 47.8 Å². The molecular weight excluding hydrogens is 396 g/mol. The van der Waals surface area contributed by atoms with Gasteiger partial charge >= 0.3 is 5.97 Å². The Kier molecular flexibility index (Phi) is 7.00. The summed E-state index contributed by atoms with van der Waals surface area (Å²) in [6, 6.07) is 13.8. The summed E-state index contributed by atoms with van der Waals surface area (Å²) < 4.78 is 5.41. The average Bonchev–Trinajstić information content (AvgIpc) is 3.18. The summed E-state index contributed by atoms with van der Waals surface area (Å²) in [6.07, 6.45) is 1.04. The summed E-state index contributed by atoms with van der Waals surface area (Å²) in [5, 5.41) is 2.40. The number of aryl methyl sites for hydroxylation is 3. The maximum absolute atomic E-state index is 12.4. The van der Waals surface area contributed by atoms with Gasteiger partial charge in [0.1, 0.15) is 6.61 Å². The predicted molar refractivity (Wildman–Crippen MR) is 120 cm³/mol. The third-order valence-electron chi connectivity index (χ3n) is 4.96. The number of esters is 1. The monoisotopic (exact) mass is 422 g/mol. The molecule has 3 aromatic rings. The molecule has 2 aromatic carbocycles. The average molecular weight is 423 g/mol. The zero-order chi connectivity index (χ0) is 21.7. The van der Waals surface area contributed by atoms with E-state index in [2.05, 4.69) is 11.9 Å². The lowest BCUT2D eigenvalue weighted by Crippen LogP contribution is -2.23. The number of amides is 1. The van der Waals surface area contributed by atoms with Crippen molar-refractivity contribution in [3.63, 3.8) is 0 Å². The maximum Gasteiger partial charge on any atom is 0.310 e. The van der Waals surface area contributed by atoms with E-state index in [1.165, 1.54) is 23.8 Å². The van der Waals surface area contributed by atoms with Gasteiger partial charge in [0.05, 0.1) is 17.8 Å². The minimum absolute atomic E-state index is 0.0847.